The summed E-state index contributed by atoms with van der Waals surface area (Å²) in [6, 6.07) is 0.769. The van der Waals surface area contributed by atoms with Crippen LogP contribution in [0.15, 0.2) is 0 Å². The molecule has 1 aliphatic heterocycles. The van der Waals surface area contributed by atoms with Crippen molar-refractivity contribution >= 4 is 0 Å². The first-order valence-corrected chi connectivity index (χ1v) is 6.62. The summed E-state index contributed by atoms with van der Waals surface area (Å²) in [4.78, 5) is 0. The normalized spacial score (nSPS) is 25.2. The van der Waals surface area contributed by atoms with Gasteiger partial charge >= 0.3 is 0 Å². The lowest BCUT2D eigenvalue weighted by Gasteiger charge is -2.41. The van der Waals surface area contributed by atoms with E-state index in [4.69, 9.17) is 0 Å². The van der Waals surface area contributed by atoms with Gasteiger partial charge in [0, 0.05) is 12.6 Å². The molecule has 2 rings (SSSR count). The number of hydrogen-bond donors (Lipinski definition) is 2. The zero-order valence-electron chi connectivity index (χ0n) is 10.3. The lowest BCUT2D eigenvalue weighted by Crippen LogP contribution is -2.46. The zero-order valence-corrected chi connectivity index (χ0v) is 10.3. The van der Waals surface area contributed by atoms with Crippen LogP contribution in [-0.2, 0) is 0 Å². The molecular formula is C13H26N2. The van der Waals surface area contributed by atoms with Gasteiger partial charge in [-0.3, -0.25) is 0 Å². The lowest BCUT2D eigenvalue weighted by atomic mass is 9.67. The minimum absolute atomic E-state index is 0.517. The molecule has 15 heavy (non-hydrogen) atoms. The van der Waals surface area contributed by atoms with Gasteiger partial charge in [0.25, 0.3) is 0 Å². The molecule has 1 heterocycles. The van der Waals surface area contributed by atoms with E-state index >= 15 is 0 Å². The molecule has 0 aromatic carbocycles. The highest BCUT2D eigenvalue weighted by molar-refractivity contribution is 4.87. The van der Waals surface area contributed by atoms with E-state index in [2.05, 4.69) is 24.5 Å². The predicted molar refractivity (Wildman–Crippen MR) is 65.0 cm³/mol. The Kier molecular flexibility index (Phi) is 3.68. The molecule has 0 amide bonds. The molecule has 2 aliphatic rings. The third-order valence-electron chi connectivity index (χ3n) is 4.40. The summed E-state index contributed by atoms with van der Waals surface area (Å²) < 4.78 is 0. The van der Waals surface area contributed by atoms with Gasteiger partial charge in [0.2, 0.25) is 0 Å². The Hall–Kier alpha value is -0.0800. The number of hydrogen-bond acceptors (Lipinski definition) is 2. The second-order valence-electron chi connectivity index (χ2n) is 6.02. The summed E-state index contributed by atoms with van der Waals surface area (Å²) >= 11 is 0. The van der Waals surface area contributed by atoms with Crippen molar-refractivity contribution in [1.82, 2.24) is 10.6 Å². The summed E-state index contributed by atoms with van der Waals surface area (Å²) in [5.74, 6) is 0.978. The van der Waals surface area contributed by atoms with E-state index in [1.165, 1.54) is 51.7 Å². The Morgan fingerprint density at radius 2 is 1.80 bits per heavy atom. The van der Waals surface area contributed by atoms with Gasteiger partial charge in [0.1, 0.15) is 0 Å². The first-order chi connectivity index (χ1) is 7.18. The van der Waals surface area contributed by atoms with Crippen LogP contribution < -0.4 is 10.6 Å². The number of piperidine rings is 1. The van der Waals surface area contributed by atoms with E-state index in [9.17, 15) is 0 Å². The Bertz CT molecular complexity index is 191. The van der Waals surface area contributed by atoms with Crippen LogP contribution in [0.4, 0.5) is 0 Å². The van der Waals surface area contributed by atoms with Gasteiger partial charge in [-0.1, -0.05) is 20.3 Å². The molecule has 1 saturated carbocycles. The van der Waals surface area contributed by atoms with Crippen molar-refractivity contribution < 1.29 is 0 Å². The molecule has 0 radical (unpaired) electrons. The van der Waals surface area contributed by atoms with Gasteiger partial charge in [-0.15, -0.1) is 0 Å². The van der Waals surface area contributed by atoms with Crippen LogP contribution in [0, 0.1) is 11.3 Å². The Morgan fingerprint density at radius 1 is 1.13 bits per heavy atom. The van der Waals surface area contributed by atoms with Gasteiger partial charge in [-0.25, -0.2) is 0 Å². The Labute approximate surface area is 94.2 Å². The van der Waals surface area contributed by atoms with E-state index in [0.29, 0.717) is 5.41 Å². The molecule has 0 aromatic rings. The van der Waals surface area contributed by atoms with Gasteiger partial charge in [0.15, 0.2) is 0 Å². The smallest absolute Gasteiger partial charge is 0.00914 e. The minimum Gasteiger partial charge on any atom is -0.317 e. The maximum absolute atomic E-state index is 3.77. The first kappa shape index (κ1) is 11.4. The van der Waals surface area contributed by atoms with Gasteiger partial charge in [-0.2, -0.15) is 0 Å². The molecule has 0 bridgehead atoms. The van der Waals surface area contributed by atoms with Crippen molar-refractivity contribution in [2.24, 2.45) is 11.3 Å². The fourth-order valence-electron chi connectivity index (χ4n) is 2.77. The van der Waals surface area contributed by atoms with E-state index in [1.807, 2.05) is 0 Å². The van der Waals surface area contributed by atoms with Crippen LogP contribution >= 0.6 is 0 Å². The second-order valence-corrected chi connectivity index (χ2v) is 6.02. The average Bonchev–Trinajstić information content (AvgIpc) is 2.13. The fourth-order valence-corrected chi connectivity index (χ4v) is 2.77. The standard InChI is InChI=1S/C13H26N2/c1-13(2,11-4-3-5-11)10-15-12-6-8-14-9-7-12/h11-12,14-15H,3-10H2,1-2H3. The SMILES string of the molecule is CC(C)(CNC1CCNCC1)C1CCC1. The van der Waals surface area contributed by atoms with Gasteiger partial charge < -0.3 is 10.6 Å². The monoisotopic (exact) mass is 210 g/mol. The second kappa shape index (κ2) is 4.84. The molecule has 2 heteroatoms. The summed E-state index contributed by atoms with van der Waals surface area (Å²) in [5, 5.41) is 7.19. The molecule has 0 spiro atoms. The number of nitrogens with one attached hydrogen (secondary N) is 2. The van der Waals surface area contributed by atoms with Crippen molar-refractivity contribution in [2.45, 2.75) is 52.0 Å². The molecule has 0 unspecified atom stereocenters. The van der Waals surface area contributed by atoms with Gasteiger partial charge in [-0.05, 0) is 50.1 Å². The van der Waals surface area contributed by atoms with Crippen molar-refractivity contribution in [2.75, 3.05) is 19.6 Å². The Balaban J connectivity index is 1.70. The van der Waals surface area contributed by atoms with Crippen LogP contribution in [0.3, 0.4) is 0 Å². The van der Waals surface area contributed by atoms with Crippen LogP contribution in [-0.4, -0.2) is 25.7 Å². The zero-order chi connectivity index (χ0) is 10.7. The molecule has 1 aliphatic carbocycles. The minimum atomic E-state index is 0.517. The van der Waals surface area contributed by atoms with Crippen LogP contribution in [0.1, 0.15) is 46.0 Å². The quantitative estimate of drug-likeness (QED) is 0.743. The average molecular weight is 210 g/mol. The third-order valence-corrected chi connectivity index (χ3v) is 4.40. The largest absolute Gasteiger partial charge is 0.317 e. The van der Waals surface area contributed by atoms with E-state index in [0.717, 1.165) is 12.0 Å². The summed E-state index contributed by atoms with van der Waals surface area (Å²) in [6.07, 6.45) is 6.99. The predicted octanol–water partition coefficient (Wildman–Crippen LogP) is 2.15. The van der Waals surface area contributed by atoms with Crippen LogP contribution in [0.25, 0.3) is 0 Å². The lowest BCUT2D eigenvalue weighted by molar-refractivity contribution is 0.113. The molecule has 0 aromatic heterocycles. The van der Waals surface area contributed by atoms with Crippen LogP contribution in [0.5, 0.6) is 0 Å². The highest BCUT2D eigenvalue weighted by atomic mass is 15.0. The summed E-state index contributed by atoms with van der Waals surface area (Å²) in [7, 11) is 0. The molecule has 2 fully saturated rings. The van der Waals surface area contributed by atoms with Crippen molar-refractivity contribution in [3.05, 3.63) is 0 Å². The first-order valence-electron chi connectivity index (χ1n) is 6.62. The highest BCUT2D eigenvalue weighted by Gasteiger charge is 2.33. The topological polar surface area (TPSA) is 24.1 Å². The van der Waals surface area contributed by atoms with E-state index < -0.39 is 0 Å². The number of rotatable bonds is 4. The molecule has 0 atom stereocenters. The molecule has 1 saturated heterocycles. The molecule has 2 nitrogen and oxygen atoms in total. The highest BCUT2D eigenvalue weighted by Crippen LogP contribution is 2.41. The molecular weight excluding hydrogens is 184 g/mol. The van der Waals surface area contributed by atoms with Crippen molar-refractivity contribution in [3.8, 4) is 0 Å². The van der Waals surface area contributed by atoms with Crippen LogP contribution in [0.2, 0.25) is 0 Å². The summed E-state index contributed by atoms with van der Waals surface area (Å²) in [6.45, 7) is 8.47. The van der Waals surface area contributed by atoms with Crippen molar-refractivity contribution in [1.29, 1.82) is 0 Å². The maximum atomic E-state index is 3.77. The van der Waals surface area contributed by atoms with E-state index in [1.54, 1.807) is 0 Å². The molecule has 88 valence electrons. The summed E-state index contributed by atoms with van der Waals surface area (Å²) in [5.41, 5.74) is 0.517. The van der Waals surface area contributed by atoms with Crippen molar-refractivity contribution in [3.63, 3.8) is 0 Å². The third kappa shape index (κ3) is 2.94. The Morgan fingerprint density at radius 3 is 2.33 bits per heavy atom. The maximum Gasteiger partial charge on any atom is 0.00914 e. The fraction of sp³-hybridized carbons (Fsp3) is 1.00. The van der Waals surface area contributed by atoms with Gasteiger partial charge in [0.05, 0.1) is 0 Å². The molecule has 2 N–H and O–H groups in total. The van der Waals surface area contributed by atoms with E-state index in [-0.39, 0.29) is 0 Å².